The van der Waals surface area contributed by atoms with Crippen LogP contribution in [0.5, 0.6) is 0 Å². The maximum Gasteiger partial charge on any atom is 0.309 e. The summed E-state index contributed by atoms with van der Waals surface area (Å²) in [5.74, 6) is -1.49. The summed E-state index contributed by atoms with van der Waals surface area (Å²) in [6.07, 6.45) is 0.802. The van der Waals surface area contributed by atoms with Crippen LogP contribution in [0.3, 0.4) is 0 Å². The first-order chi connectivity index (χ1) is 8.63. The molecule has 1 fully saturated rings. The summed E-state index contributed by atoms with van der Waals surface area (Å²) in [4.78, 5) is 24.8. The number of benzene rings is 1. The van der Waals surface area contributed by atoms with E-state index in [1.165, 1.54) is 0 Å². The molecule has 0 saturated carbocycles. The van der Waals surface area contributed by atoms with Crippen LogP contribution in [0, 0.1) is 5.92 Å². The predicted octanol–water partition coefficient (Wildman–Crippen LogP) is 1.90. The quantitative estimate of drug-likeness (QED) is 0.884. The van der Waals surface area contributed by atoms with Crippen molar-refractivity contribution < 1.29 is 14.7 Å². The first-order valence-electron chi connectivity index (χ1n) is 6.19. The van der Waals surface area contributed by atoms with E-state index in [0.717, 1.165) is 5.56 Å². The molecule has 4 nitrogen and oxygen atoms in total. The summed E-state index contributed by atoms with van der Waals surface area (Å²) in [5, 5.41) is 9.14. The molecule has 1 aliphatic heterocycles. The molecule has 0 aliphatic carbocycles. The third-order valence-corrected chi connectivity index (χ3v) is 3.51. The van der Waals surface area contributed by atoms with Gasteiger partial charge in [-0.3, -0.25) is 9.59 Å². The number of likely N-dealkylation sites (tertiary alicyclic amines) is 1. The lowest BCUT2D eigenvalue weighted by atomic mass is 9.98. The lowest BCUT2D eigenvalue weighted by Gasteiger charge is -2.25. The van der Waals surface area contributed by atoms with Gasteiger partial charge in [0.15, 0.2) is 0 Å². The monoisotopic (exact) mass is 247 g/mol. The van der Waals surface area contributed by atoms with Gasteiger partial charge in [0.05, 0.1) is 5.92 Å². The van der Waals surface area contributed by atoms with E-state index in [0.29, 0.717) is 13.0 Å². The van der Waals surface area contributed by atoms with Gasteiger partial charge in [0.25, 0.3) is 0 Å². The average Bonchev–Trinajstić information content (AvgIpc) is 2.68. The molecule has 0 aromatic heterocycles. The lowest BCUT2D eigenvalue weighted by molar-refractivity contribution is -0.142. The summed E-state index contributed by atoms with van der Waals surface area (Å²) in [6, 6.07) is 9.49. The number of amides is 1. The fraction of sp³-hybridized carbons (Fsp3) is 0.429. The molecule has 1 saturated heterocycles. The zero-order valence-electron chi connectivity index (χ0n) is 10.4. The molecule has 4 heteroatoms. The number of carbonyl (C=O) groups is 2. The summed E-state index contributed by atoms with van der Waals surface area (Å²) in [7, 11) is 0. The Morgan fingerprint density at radius 2 is 2.06 bits per heavy atom. The van der Waals surface area contributed by atoms with Crippen molar-refractivity contribution in [3.8, 4) is 0 Å². The molecule has 0 bridgehead atoms. The molecule has 2 atom stereocenters. The van der Waals surface area contributed by atoms with E-state index in [4.69, 9.17) is 5.11 Å². The molecular formula is C14H17NO3. The van der Waals surface area contributed by atoms with Crippen molar-refractivity contribution in [2.45, 2.75) is 32.4 Å². The molecule has 96 valence electrons. The standard InChI is InChI=1S/C14H17NO3/c1-2-12-11(14(17)18)8-13(16)15(12)9-10-6-4-3-5-7-10/h3-7,11-12H,2,8-9H2,1H3,(H,17,18)/t11-,12-/m0/s1. The Balaban J connectivity index is 2.16. The second-order valence-corrected chi connectivity index (χ2v) is 4.63. The van der Waals surface area contributed by atoms with Crippen molar-refractivity contribution in [2.24, 2.45) is 5.92 Å². The van der Waals surface area contributed by atoms with Crippen molar-refractivity contribution >= 4 is 11.9 Å². The second kappa shape index (κ2) is 5.21. The minimum Gasteiger partial charge on any atom is -0.481 e. The molecule has 1 aromatic carbocycles. The minimum absolute atomic E-state index is 0.0573. The highest BCUT2D eigenvalue weighted by Crippen LogP contribution is 2.29. The van der Waals surface area contributed by atoms with Crippen molar-refractivity contribution in [1.29, 1.82) is 0 Å². The van der Waals surface area contributed by atoms with E-state index in [-0.39, 0.29) is 18.4 Å². The van der Waals surface area contributed by atoms with Gasteiger partial charge in [0.2, 0.25) is 5.91 Å². The predicted molar refractivity (Wildman–Crippen MR) is 66.8 cm³/mol. The number of carbonyl (C=O) groups excluding carboxylic acids is 1. The van der Waals surface area contributed by atoms with Gasteiger partial charge in [-0.25, -0.2) is 0 Å². The SMILES string of the molecule is CC[C@H]1[C@@H](C(=O)O)CC(=O)N1Cc1ccccc1. The number of aliphatic carboxylic acids is 1. The zero-order valence-corrected chi connectivity index (χ0v) is 10.4. The topological polar surface area (TPSA) is 57.6 Å². The fourth-order valence-corrected chi connectivity index (χ4v) is 2.59. The van der Waals surface area contributed by atoms with Gasteiger partial charge in [-0.15, -0.1) is 0 Å². The number of rotatable bonds is 4. The van der Waals surface area contributed by atoms with Crippen LogP contribution in [-0.4, -0.2) is 27.9 Å². The largest absolute Gasteiger partial charge is 0.481 e. The van der Waals surface area contributed by atoms with Crippen LogP contribution in [0.25, 0.3) is 0 Å². The molecule has 0 spiro atoms. The van der Waals surface area contributed by atoms with Crippen molar-refractivity contribution in [1.82, 2.24) is 4.90 Å². The third kappa shape index (κ3) is 2.37. The zero-order chi connectivity index (χ0) is 13.1. The van der Waals surface area contributed by atoms with E-state index in [1.807, 2.05) is 37.3 Å². The Labute approximate surface area is 106 Å². The highest BCUT2D eigenvalue weighted by molar-refractivity contribution is 5.87. The molecule has 1 heterocycles. The Kier molecular flexibility index (Phi) is 3.65. The number of carboxylic acid groups (broad SMARTS) is 1. The number of hydrogen-bond acceptors (Lipinski definition) is 2. The van der Waals surface area contributed by atoms with Crippen molar-refractivity contribution in [3.63, 3.8) is 0 Å². The Morgan fingerprint density at radius 3 is 2.61 bits per heavy atom. The van der Waals surface area contributed by atoms with E-state index in [9.17, 15) is 9.59 Å². The second-order valence-electron chi connectivity index (χ2n) is 4.63. The van der Waals surface area contributed by atoms with Gasteiger partial charge < -0.3 is 10.0 Å². The molecular weight excluding hydrogens is 230 g/mol. The van der Waals surface area contributed by atoms with Crippen LogP contribution in [0.2, 0.25) is 0 Å². The van der Waals surface area contributed by atoms with E-state index < -0.39 is 11.9 Å². The lowest BCUT2D eigenvalue weighted by Crippen LogP contribution is -2.36. The highest BCUT2D eigenvalue weighted by Gasteiger charge is 2.42. The molecule has 1 amide bonds. The normalized spacial score (nSPS) is 23.4. The maximum atomic E-state index is 11.9. The van der Waals surface area contributed by atoms with Crippen LogP contribution in [0.1, 0.15) is 25.3 Å². The maximum absolute atomic E-state index is 11.9. The van der Waals surface area contributed by atoms with Crippen LogP contribution in [-0.2, 0) is 16.1 Å². The fourth-order valence-electron chi connectivity index (χ4n) is 2.59. The van der Waals surface area contributed by atoms with Crippen molar-refractivity contribution in [3.05, 3.63) is 35.9 Å². The molecule has 1 aliphatic rings. The Morgan fingerprint density at radius 1 is 1.39 bits per heavy atom. The third-order valence-electron chi connectivity index (χ3n) is 3.51. The van der Waals surface area contributed by atoms with Gasteiger partial charge in [0.1, 0.15) is 0 Å². The molecule has 2 rings (SSSR count). The summed E-state index contributed by atoms with van der Waals surface area (Å²) >= 11 is 0. The molecule has 1 aromatic rings. The van der Waals surface area contributed by atoms with Gasteiger partial charge >= 0.3 is 5.97 Å². The van der Waals surface area contributed by atoms with Crippen LogP contribution >= 0.6 is 0 Å². The van der Waals surface area contributed by atoms with Crippen molar-refractivity contribution in [2.75, 3.05) is 0 Å². The highest BCUT2D eigenvalue weighted by atomic mass is 16.4. The van der Waals surface area contributed by atoms with Crippen LogP contribution in [0.4, 0.5) is 0 Å². The first-order valence-corrected chi connectivity index (χ1v) is 6.19. The summed E-state index contributed by atoms with van der Waals surface area (Å²) < 4.78 is 0. The van der Waals surface area contributed by atoms with Gasteiger partial charge in [-0.05, 0) is 12.0 Å². The molecule has 0 unspecified atom stereocenters. The van der Waals surface area contributed by atoms with E-state index in [2.05, 4.69) is 0 Å². The summed E-state index contributed by atoms with van der Waals surface area (Å²) in [5.41, 5.74) is 1.04. The van der Waals surface area contributed by atoms with E-state index in [1.54, 1.807) is 4.90 Å². The smallest absolute Gasteiger partial charge is 0.309 e. The van der Waals surface area contributed by atoms with Gasteiger partial charge in [-0.2, -0.15) is 0 Å². The number of carboxylic acids is 1. The number of hydrogen-bond donors (Lipinski definition) is 1. The van der Waals surface area contributed by atoms with E-state index >= 15 is 0 Å². The molecule has 0 radical (unpaired) electrons. The Bertz CT molecular complexity index is 444. The summed E-state index contributed by atoms with van der Waals surface area (Å²) in [6.45, 7) is 2.43. The average molecular weight is 247 g/mol. The van der Waals surface area contributed by atoms with Gasteiger partial charge in [0, 0.05) is 19.0 Å². The molecule has 1 N–H and O–H groups in total. The Hall–Kier alpha value is -1.84. The van der Waals surface area contributed by atoms with Crippen LogP contribution in [0.15, 0.2) is 30.3 Å². The van der Waals surface area contributed by atoms with Gasteiger partial charge in [-0.1, -0.05) is 37.3 Å². The minimum atomic E-state index is -0.870. The number of nitrogens with zero attached hydrogens (tertiary/aromatic N) is 1. The first kappa shape index (κ1) is 12.6. The van der Waals surface area contributed by atoms with Crippen LogP contribution < -0.4 is 0 Å². The molecule has 18 heavy (non-hydrogen) atoms.